The van der Waals surface area contributed by atoms with E-state index in [-0.39, 0.29) is 5.91 Å². The molecule has 0 radical (unpaired) electrons. The van der Waals surface area contributed by atoms with Gasteiger partial charge < -0.3 is 5.32 Å². The van der Waals surface area contributed by atoms with Crippen LogP contribution in [0.4, 0.5) is 0 Å². The van der Waals surface area contributed by atoms with E-state index in [0.29, 0.717) is 12.1 Å². The van der Waals surface area contributed by atoms with Gasteiger partial charge in [-0.1, -0.05) is 6.42 Å². The van der Waals surface area contributed by atoms with Crippen molar-refractivity contribution in [2.24, 2.45) is 0 Å². The minimum Gasteiger partial charge on any atom is -0.354 e. The van der Waals surface area contributed by atoms with Crippen molar-refractivity contribution in [2.75, 3.05) is 6.54 Å². The number of nitrogens with one attached hydrogen (secondary N) is 1. The van der Waals surface area contributed by atoms with Gasteiger partial charge in [-0.25, -0.2) is 0 Å². The monoisotopic (exact) mass is 194 g/mol. The fourth-order valence-corrected chi connectivity index (χ4v) is 3.09. The molecule has 3 fully saturated rings. The van der Waals surface area contributed by atoms with Crippen LogP contribution in [0.1, 0.15) is 38.5 Å². The van der Waals surface area contributed by atoms with E-state index in [9.17, 15) is 4.79 Å². The van der Waals surface area contributed by atoms with E-state index in [1.165, 1.54) is 32.1 Å². The van der Waals surface area contributed by atoms with Crippen LogP contribution in [0.2, 0.25) is 0 Å². The van der Waals surface area contributed by atoms with E-state index < -0.39 is 0 Å². The van der Waals surface area contributed by atoms with E-state index in [1.807, 2.05) is 0 Å². The zero-order valence-electron chi connectivity index (χ0n) is 8.54. The number of piperidine rings is 1. The Hall–Kier alpha value is -0.570. The van der Waals surface area contributed by atoms with Gasteiger partial charge in [0.2, 0.25) is 5.91 Å². The first-order valence-corrected chi connectivity index (χ1v) is 5.89. The first kappa shape index (κ1) is 8.72. The summed E-state index contributed by atoms with van der Waals surface area (Å²) in [6, 6.07) is 2.02. The molecule has 1 aliphatic carbocycles. The van der Waals surface area contributed by atoms with Crippen molar-refractivity contribution in [1.82, 2.24) is 10.2 Å². The van der Waals surface area contributed by atoms with Gasteiger partial charge in [0.05, 0.1) is 0 Å². The van der Waals surface area contributed by atoms with Crippen molar-refractivity contribution in [1.29, 1.82) is 0 Å². The molecule has 78 valence electrons. The third kappa shape index (κ3) is 1.44. The maximum absolute atomic E-state index is 11.5. The molecule has 3 aliphatic rings. The molecule has 2 bridgehead atoms. The van der Waals surface area contributed by atoms with Crippen LogP contribution < -0.4 is 5.32 Å². The molecule has 0 spiro atoms. The average Bonchev–Trinajstić information content (AvgIpc) is 2.96. The van der Waals surface area contributed by atoms with Crippen LogP contribution >= 0.6 is 0 Å². The quantitative estimate of drug-likeness (QED) is 0.672. The Morgan fingerprint density at radius 3 is 2.64 bits per heavy atom. The second-order valence-corrected chi connectivity index (χ2v) is 4.93. The molecular weight excluding hydrogens is 176 g/mol. The maximum atomic E-state index is 11.5. The van der Waals surface area contributed by atoms with Crippen molar-refractivity contribution in [2.45, 2.75) is 56.7 Å². The number of amides is 1. The number of rotatable bonds is 1. The molecule has 3 rings (SSSR count). The molecule has 1 amide bonds. The lowest BCUT2D eigenvalue weighted by Gasteiger charge is -2.40. The van der Waals surface area contributed by atoms with Gasteiger partial charge in [0.15, 0.2) is 0 Å². The van der Waals surface area contributed by atoms with Gasteiger partial charge in [0.25, 0.3) is 0 Å². The molecule has 3 nitrogen and oxygen atoms in total. The Labute approximate surface area is 84.8 Å². The minimum atomic E-state index is 0.269. The van der Waals surface area contributed by atoms with E-state index in [1.54, 1.807) is 0 Å². The number of hydrogen-bond acceptors (Lipinski definition) is 2. The zero-order valence-corrected chi connectivity index (χ0v) is 8.54. The van der Waals surface area contributed by atoms with Gasteiger partial charge in [-0.2, -0.15) is 0 Å². The number of carbonyl (C=O) groups excluding carboxylic acids is 1. The van der Waals surface area contributed by atoms with Gasteiger partial charge in [0.1, 0.15) is 0 Å². The molecule has 2 heterocycles. The molecule has 2 saturated heterocycles. The topological polar surface area (TPSA) is 32.3 Å². The van der Waals surface area contributed by atoms with Crippen LogP contribution in [0, 0.1) is 0 Å². The fourth-order valence-electron chi connectivity index (χ4n) is 3.09. The normalized spacial score (nSPS) is 39.0. The maximum Gasteiger partial charge on any atom is 0.221 e. The summed E-state index contributed by atoms with van der Waals surface area (Å²) < 4.78 is 0. The standard InChI is InChI=1S/C11H18N2O/c14-11-6-9-2-1-3-10(7-12-11)13(9)8-4-5-8/h8-10H,1-7H2,(H,12,14)/t9-,10+/m0/s1. The van der Waals surface area contributed by atoms with Crippen LogP contribution in [0.5, 0.6) is 0 Å². The van der Waals surface area contributed by atoms with Crippen molar-refractivity contribution in [3.63, 3.8) is 0 Å². The lowest BCUT2D eigenvalue weighted by Crippen LogP contribution is -2.48. The molecule has 3 heteroatoms. The number of fused-ring (bicyclic) bond motifs is 2. The minimum absolute atomic E-state index is 0.269. The highest BCUT2D eigenvalue weighted by Gasteiger charge is 2.42. The third-order valence-electron chi connectivity index (χ3n) is 3.84. The number of nitrogens with zero attached hydrogens (tertiary/aromatic N) is 1. The van der Waals surface area contributed by atoms with Crippen LogP contribution in [0.3, 0.4) is 0 Å². The van der Waals surface area contributed by atoms with Crippen molar-refractivity contribution in [3.8, 4) is 0 Å². The molecule has 0 aromatic heterocycles. The van der Waals surface area contributed by atoms with E-state index in [0.717, 1.165) is 19.0 Å². The molecule has 1 N–H and O–H groups in total. The van der Waals surface area contributed by atoms with Crippen molar-refractivity contribution in [3.05, 3.63) is 0 Å². The number of hydrogen-bond donors (Lipinski definition) is 1. The van der Waals surface area contributed by atoms with Gasteiger partial charge >= 0.3 is 0 Å². The smallest absolute Gasteiger partial charge is 0.221 e. The predicted octanol–water partition coefficient (Wildman–Crippen LogP) is 0.892. The highest BCUT2D eigenvalue weighted by molar-refractivity contribution is 5.77. The average molecular weight is 194 g/mol. The van der Waals surface area contributed by atoms with E-state index >= 15 is 0 Å². The Balaban J connectivity index is 1.82. The fraction of sp³-hybridized carbons (Fsp3) is 0.909. The summed E-state index contributed by atoms with van der Waals surface area (Å²) in [5.41, 5.74) is 0. The lowest BCUT2D eigenvalue weighted by molar-refractivity contribution is -0.121. The van der Waals surface area contributed by atoms with Crippen LogP contribution in [0.25, 0.3) is 0 Å². The Kier molecular flexibility index (Phi) is 2.01. The molecule has 2 aliphatic heterocycles. The summed E-state index contributed by atoms with van der Waals surface area (Å²) in [4.78, 5) is 14.1. The van der Waals surface area contributed by atoms with Gasteiger partial charge in [-0.05, 0) is 25.7 Å². The number of carbonyl (C=O) groups is 1. The van der Waals surface area contributed by atoms with Crippen LogP contribution in [-0.2, 0) is 4.79 Å². The molecule has 0 aromatic rings. The Morgan fingerprint density at radius 1 is 1.07 bits per heavy atom. The van der Waals surface area contributed by atoms with Gasteiger partial charge in [-0.3, -0.25) is 9.69 Å². The molecule has 0 unspecified atom stereocenters. The summed E-state index contributed by atoms with van der Waals surface area (Å²) in [6.45, 7) is 0.895. The Morgan fingerprint density at radius 2 is 1.86 bits per heavy atom. The van der Waals surface area contributed by atoms with E-state index in [2.05, 4.69) is 10.2 Å². The molecular formula is C11H18N2O. The molecule has 1 saturated carbocycles. The third-order valence-corrected chi connectivity index (χ3v) is 3.84. The van der Waals surface area contributed by atoms with Crippen molar-refractivity contribution >= 4 is 5.91 Å². The summed E-state index contributed by atoms with van der Waals surface area (Å²) >= 11 is 0. The summed E-state index contributed by atoms with van der Waals surface area (Å²) in [5, 5.41) is 3.05. The van der Waals surface area contributed by atoms with Crippen LogP contribution in [-0.4, -0.2) is 35.5 Å². The highest BCUT2D eigenvalue weighted by Crippen LogP contribution is 2.37. The van der Waals surface area contributed by atoms with Crippen molar-refractivity contribution < 1.29 is 4.79 Å². The second kappa shape index (κ2) is 3.23. The SMILES string of the molecule is O=C1C[C@@H]2CCC[C@H](CN1)N2C1CC1. The van der Waals surface area contributed by atoms with Gasteiger partial charge in [-0.15, -0.1) is 0 Å². The highest BCUT2D eigenvalue weighted by atomic mass is 16.1. The Bertz CT molecular complexity index is 250. The first-order valence-electron chi connectivity index (χ1n) is 5.89. The first-order chi connectivity index (χ1) is 6.84. The summed E-state index contributed by atoms with van der Waals surface area (Å²) in [7, 11) is 0. The lowest BCUT2D eigenvalue weighted by atomic mass is 9.94. The zero-order chi connectivity index (χ0) is 9.54. The van der Waals surface area contributed by atoms with E-state index in [4.69, 9.17) is 0 Å². The largest absolute Gasteiger partial charge is 0.354 e. The second-order valence-electron chi connectivity index (χ2n) is 4.93. The molecule has 2 atom stereocenters. The molecule has 14 heavy (non-hydrogen) atoms. The summed E-state index contributed by atoms with van der Waals surface area (Å²) in [6.07, 6.45) is 7.30. The van der Waals surface area contributed by atoms with Gasteiger partial charge in [0, 0.05) is 31.1 Å². The predicted molar refractivity (Wildman–Crippen MR) is 53.9 cm³/mol. The summed E-state index contributed by atoms with van der Waals surface area (Å²) in [5.74, 6) is 0.269. The van der Waals surface area contributed by atoms with Crippen LogP contribution in [0.15, 0.2) is 0 Å². The molecule has 0 aromatic carbocycles.